The molecular weight excluding hydrogens is 909 g/mol. The summed E-state index contributed by atoms with van der Waals surface area (Å²) in [5.74, 6) is -0.450. The van der Waals surface area contributed by atoms with Gasteiger partial charge in [0.2, 0.25) is 0 Å². The van der Waals surface area contributed by atoms with Gasteiger partial charge in [0.15, 0.2) is 6.10 Å². The molecule has 0 N–H and O–H groups in total. The summed E-state index contributed by atoms with van der Waals surface area (Å²) in [5.41, 5.74) is 0. The largest absolute Gasteiger partial charge is 0.462 e. The highest BCUT2D eigenvalue weighted by molar-refractivity contribution is 5.70. The fourth-order valence-corrected chi connectivity index (χ4v) is 8.16. The highest BCUT2D eigenvalue weighted by Crippen LogP contribution is 2.15. The van der Waals surface area contributed by atoms with E-state index in [4.69, 9.17) is 14.2 Å². The Morgan fingerprint density at radius 3 is 0.986 bits per heavy atom. The van der Waals surface area contributed by atoms with Crippen LogP contribution >= 0.6 is 0 Å². The molecule has 0 aliphatic rings. The van der Waals surface area contributed by atoms with Gasteiger partial charge in [-0.05, 0) is 128 Å². The van der Waals surface area contributed by atoms with Crippen LogP contribution in [0.5, 0.6) is 0 Å². The van der Waals surface area contributed by atoms with Gasteiger partial charge in [-0.3, -0.25) is 9.59 Å². The predicted octanol–water partition coefficient (Wildman–Crippen LogP) is 21.5. The zero-order valence-electron chi connectivity index (χ0n) is 48.3. The lowest BCUT2D eigenvalue weighted by atomic mass is 10.1. The van der Waals surface area contributed by atoms with Crippen LogP contribution in [-0.2, 0) is 23.8 Å². The van der Waals surface area contributed by atoms with E-state index in [-0.39, 0.29) is 25.2 Å². The van der Waals surface area contributed by atoms with Crippen molar-refractivity contribution in [2.75, 3.05) is 19.8 Å². The molecule has 5 nitrogen and oxygen atoms in total. The van der Waals surface area contributed by atoms with Crippen LogP contribution in [0.15, 0.2) is 134 Å². The van der Waals surface area contributed by atoms with Crippen LogP contribution in [0.2, 0.25) is 0 Å². The van der Waals surface area contributed by atoms with Gasteiger partial charge in [-0.2, -0.15) is 0 Å². The molecule has 0 amide bonds. The van der Waals surface area contributed by atoms with Crippen LogP contribution < -0.4 is 0 Å². The van der Waals surface area contributed by atoms with E-state index in [0.29, 0.717) is 19.4 Å². The van der Waals surface area contributed by atoms with Gasteiger partial charge < -0.3 is 14.2 Å². The number of hydrogen-bond donors (Lipinski definition) is 0. The van der Waals surface area contributed by atoms with Gasteiger partial charge in [-0.25, -0.2) is 0 Å². The molecule has 0 saturated carbocycles. The van der Waals surface area contributed by atoms with Crippen molar-refractivity contribution in [3.8, 4) is 0 Å². The monoisotopic (exact) mass is 1020 g/mol. The summed E-state index contributed by atoms with van der Waals surface area (Å²) in [5, 5.41) is 0. The molecular formula is C69H114O5. The van der Waals surface area contributed by atoms with E-state index in [1.165, 1.54) is 109 Å². The fraction of sp³-hybridized carbons (Fsp3) is 0.652. The Hall–Kier alpha value is -3.96. The number of rotatable bonds is 55. The molecule has 0 heterocycles. The average Bonchev–Trinajstić information content (AvgIpc) is 3.40. The topological polar surface area (TPSA) is 61.8 Å². The fourth-order valence-electron chi connectivity index (χ4n) is 8.16. The Kier molecular flexibility index (Phi) is 59.9. The summed E-state index contributed by atoms with van der Waals surface area (Å²) < 4.78 is 17.4. The molecule has 0 bridgehead atoms. The minimum atomic E-state index is -0.585. The first-order valence-corrected chi connectivity index (χ1v) is 30.7. The van der Waals surface area contributed by atoms with Crippen molar-refractivity contribution >= 4 is 11.9 Å². The van der Waals surface area contributed by atoms with Crippen LogP contribution in [0.3, 0.4) is 0 Å². The van der Waals surface area contributed by atoms with Crippen LogP contribution in [0.1, 0.15) is 265 Å². The Balaban J connectivity index is 4.43. The molecule has 0 aromatic heterocycles. The van der Waals surface area contributed by atoms with E-state index in [0.717, 1.165) is 122 Å². The number of carbonyl (C=O) groups is 2. The van der Waals surface area contributed by atoms with Gasteiger partial charge in [0.25, 0.3) is 0 Å². The lowest BCUT2D eigenvalue weighted by Gasteiger charge is -2.18. The minimum absolute atomic E-state index is 0.0461. The first-order valence-electron chi connectivity index (χ1n) is 30.7. The molecule has 0 aromatic rings. The van der Waals surface area contributed by atoms with Crippen LogP contribution in [-0.4, -0.2) is 37.9 Å². The third kappa shape index (κ3) is 60.6. The second-order valence-corrected chi connectivity index (χ2v) is 19.8. The molecule has 0 spiro atoms. The standard InChI is InChI=1S/C69H114O5/c1-4-7-10-13-16-19-22-25-28-31-34-37-40-43-46-49-52-55-58-61-64-72-65-67(74-69(71)63-60-57-54-51-48-45-42-39-36-33-30-27-24-21-18-15-12-9-6-3)66-73-68(70)62-59-56-53-50-47-44-41-38-35-32-29-26-23-20-17-14-11-8-5-2/h7-8,10-11,16-17,19-20,25-30,34-35,37-38,43,46,52,55,67H,4-6,9,12-15,18,21-24,31-33,36,39-42,44-45,47-51,53-54,56-66H2,1-3H3/b10-7-,11-8-,19-16-,20-17-,28-25-,29-26-,30-27-,37-34-,38-35-,46-43-,55-52-. The van der Waals surface area contributed by atoms with Gasteiger partial charge in [-0.15, -0.1) is 0 Å². The van der Waals surface area contributed by atoms with E-state index < -0.39 is 6.10 Å². The highest BCUT2D eigenvalue weighted by Gasteiger charge is 2.17. The summed E-state index contributed by atoms with van der Waals surface area (Å²) in [7, 11) is 0. The van der Waals surface area contributed by atoms with E-state index in [9.17, 15) is 9.59 Å². The molecule has 420 valence electrons. The Morgan fingerprint density at radius 2 is 0.608 bits per heavy atom. The number of esters is 2. The predicted molar refractivity (Wildman–Crippen MR) is 325 cm³/mol. The molecule has 74 heavy (non-hydrogen) atoms. The summed E-state index contributed by atoms with van der Waals surface area (Å²) >= 11 is 0. The van der Waals surface area contributed by atoms with E-state index in [1.807, 2.05) is 0 Å². The molecule has 5 heteroatoms. The van der Waals surface area contributed by atoms with Crippen LogP contribution in [0.4, 0.5) is 0 Å². The Morgan fingerprint density at radius 1 is 0.311 bits per heavy atom. The van der Waals surface area contributed by atoms with Gasteiger partial charge in [0.05, 0.1) is 6.61 Å². The molecule has 1 unspecified atom stereocenters. The third-order valence-corrected chi connectivity index (χ3v) is 12.7. The van der Waals surface area contributed by atoms with E-state index in [2.05, 4.69) is 154 Å². The first kappa shape index (κ1) is 70.0. The molecule has 0 aromatic carbocycles. The smallest absolute Gasteiger partial charge is 0.306 e. The number of ether oxygens (including phenoxy) is 3. The van der Waals surface area contributed by atoms with Gasteiger partial charge in [0, 0.05) is 19.4 Å². The van der Waals surface area contributed by atoms with E-state index >= 15 is 0 Å². The molecule has 0 aliphatic heterocycles. The average molecular weight is 1020 g/mol. The molecule has 0 radical (unpaired) electrons. The van der Waals surface area contributed by atoms with Crippen LogP contribution in [0, 0.1) is 0 Å². The molecule has 1 atom stereocenters. The van der Waals surface area contributed by atoms with Crippen molar-refractivity contribution in [1.29, 1.82) is 0 Å². The van der Waals surface area contributed by atoms with Crippen molar-refractivity contribution in [3.63, 3.8) is 0 Å². The summed E-state index contributed by atoms with van der Waals surface area (Å²) in [6.45, 7) is 7.45. The maximum absolute atomic E-state index is 12.9. The number of carbonyl (C=O) groups excluding carboxylic acids is 2. The minimum Gasteiger partial charge on any atom is -0.462 e. The summed E-state index contributed by atoms with van der Waals surface area (Å²) in [4.78, 5) is 25.6. The quantitative estimate of drug-likeness (QED) is 0.0345. The molecule has 0 saturated heterocycles. The summed E-state index contributed by atoms with van der Waals surface area (Å²) in [6, 6.07) is 0. The number of unbranched alkanes of at least 4 members (excludes halogenated alkanes) is 22. The Bertz CT molecular complexity index is 1530. The third-order valence-electron chi connectivity index (χ3n) is 12.7. The zero-order chi connectivity index (χ0) is 53.4. The van der Waals surface area contributed by atoms with E-state index in [1.54, 1.807) is 0 Å². The lowest BCUT2D eigenvalue weighted by Crippen LogP contribution is -2.30. The van der Waals surface area contributed by atoms with Crippen LogP contribution in [0.25, 0.3) is 0 Å². The van der Waals surface area contributed by atoms with Gasteiger partial charge >= 0.3 is 11.9 Å². The maximum atomic E-state index is 12.9. The second kappa shape index (κ2) is 63.3. The molecule has 0 rings (SSSR count). The van der Waals surface area contributed by atoms with Gasteiger partial charge in [-0.1, -0.05) is 257 Å². The van der Waals surface area contributed by atoms with Crippen molar-refractivity contribution in [1.82, 2.24) is 0 Å². The number of allylic oxidation sites excluding steroid dienone is 22. The van der Waals surface area contributed by atoms with Crippen molar-refractivity contribution in [2.24, 2.45) is 0 Å². The Labute approximate surface area is 458 Å². The maximum Gasteiger partial charge on any atom is 0.306 e. The van der Waals surface area contributed by atoms with Crippen molar-refractivity contribution in [2.45, 2.75) is 271 Å². The number of hydrogen-bond acceptors (Lipinski definition) is 5. The normalized spacial score (nSPS) is 13.2. The highest BCUT2D eigenvalue weighted by atomic mass is 16.6. The van der Waals surface area contributed by atoms with Crippen molar-refractivity contribution < 1.29 is 23.8 Å². The molecule has 0 fully saturated rings. The summed E-state index contributed by atoms with van der Waals surface area (Å²) in [6.07, 6.45) is 90.6. The lowest BCUT2D eigenvalue weighted by molar-refractivity contribution is -0.163. The van der Waals surface area contributed by atoms with Gasteiger partial charge in [0.1, 0.15) is 6.61 Å². The first-order chi connectivity index (χ1) is 36.6. The van der Waals surface area contributed by atoms with Crippen molar-refractivity contribution in [3.05, 3.63) is 134 Å². The second-order valence-electron chi connectivity index (χ2n) is 19.8. The SMILES string of the molecule is CC/C=C\C/C=C\C/C=C\C/C=C\C/C=C\C/C=C\CCCOCC(COC(=O)CCCCCCCC/C=C\C/C=C\C/C=C\C/C=C\CC)OC(=O)CCCCCCCCCCC/C=C\CCCCCCCC. The zero-order valence-corrected chi connectivity index (χ0v) is 48.3. The molecule has 0 aliphatic carbocycles.